The first-order valence-corrected chi connectivity index (χ1v) is 7.00. The summed E-state index contributed by atoms with van der Waals surface area (Å²) in [5.41, 5.74) is 2.62. The van der Waals surface area contributed by atoms with Gasteiger partial charge in [-0.05, 0) is 24.7 Å². The maximum atomic E-state index is 14.4. The van der Waals surface area contributed by atoms with Crippen LogP contribution in [0.3, 0.4) is 0 Å². The van der Waals surface area contributed by atoms with Crippen LogP contribution in [0.1, 0.15) is 22.7 Å². The number of benzene rings is 2. The maximum absolute atomic E-state index is 14.4. The molecular weight excluding hydrogens is 269 g/mol. The van der Waals surface area contributed by atoms with Gasteiger partial charge in [0.2, 0.25) is 0 Å². The molecule has 0 radical (unpaired) electrons. The summed E-state index contributed by atoms with van der Waals surface area (Å²) in [6, 6.07) is 10.6. The number of nitrogens with one attached hydrogen (secondary N) is 1. The largest absolute Gasteiger partial charge is 0.496 e. The average Bonchev–Trinajstić information content (AvgIpc) is 2.98. The van der Waals surface area contributed by atoms with E-state index in [4.69, 9.17) is 9.47 Å². The molecule has 4 heteroatoms. The first-order valence-electron chi connectivity index (χ1n) is 7.00. The van der Waals surface area contributed by atoms with Crippen LogP contribution < -0.4 is 14.8 Å². The second-order valence-corrected chi connectivity index (χ2v) is 5.01. The maximum Gasteiger partial charge on any atom is 0.132 e. The molecule has 1 heterocycles. The Hall–Kier alpha value is -2.07. The number of hydrogen-bond acceptors (Lipinski definition) is 3. The normalized spacial score (nSPS) is 14.4. The highest BCUT2D eigenvalue weighted by Gasteiger charge is 2.26. The van der Waals surface area contributed by atoms with E-state index in [0.29, 0.717) is 17.9 Å². The Morgan fingerprint density at radius 3 is 2.81 bits per heavy atom. The van der Waals surface area contributed by atoms with Crippen molar-refractivity contribution in [1.29, 1.82) is 0 Å². The fourth-order valence-corrected chi connectivity index (χ4v) is 2.90. The van der Waals surface area contributed by atoms with Crippen LogP contribution in [0, 0.1) is 5.82 Å². The molecule has 2 aromatic carbocycles. The van der Waals surface area contributed by atoms with E-state index in [1.807, 2.05) is 19.2 Å². The van der Waals surface area contributed by atoms with Gasteiger partial charge >= 0.3 is 0 Å². The first kappa shape index (κ1) is 13.9. The smallest absolute Gasteiger partial charge is 0.132 e. The minimum atomic E-state index is -0.311. The highest BCUT2D eigenvalue weighted by molar-refractivity contribution is 5.51. The van der Waals surface area contributed by atoms with E-state index in [1.165, 1.54) is 11.6 Å². The van der Waals surface area contributed by atoms with E-state index in [2.05, 4.69) is 11.4 Å². The zero-order chi connectivity index (χ0) is 14.8. The average molecular weight is 287 g/mol. The highest BCUT2D eigenvalue weighted by atomic mass is 19.1. The summed E-state index contributed by atoms with van der Waals surface area (Å²) < 4.78 is 25.4. The van der Waals surface area contributed by atoms with E-state index >= 15 is 0 Å². The van der Waals surface area contributed by atoms with Crippen LogP contribution >= 0.6 is 0 Å². The van der Waals surface area contributed by atoms with Crippen LogP contribution in [0.2, 0.25) is 0 Å². The predicted molar refractivity (Wildman–Crippen MR) is 79.5 cm³/mol. The summed E-state index contributed by atoms with van der Waals surface area (Å²) >= 11 is 0. The fourth-order valence-electron chi connectivity index (χ4n) is 2.90. The van der Waals surface area contributed by atoms with E-state index < -0.39 is 0 Å². The van der Waals surface area contributed by atoms with Gasteiger partial charge in [-0.2, -0.15) is 0 Å². The molecule has 21 heavy (non-hydrogen) atoms. The van der Waals surface area contributed by atoms with Gasteiger partial charge in [-0.15, -0.1) is 0 Å². The standard InChI is InChI=1S/C17H18FNO2/c1-19-16(15-13(18)7-4-8-14(15)20-2)12-6-3-5-11-9-10-21-17(11)12/h3-8,16,19H,9-10H2,1-2H3. The zero-order valence-corrected chi connectivity index (χ0v) is 12.2. The molecule has 1 unspecified atom stereocenters. The quantitative estimate of drug-likeness (QED) is 0.937. The third kappa shape index (κ3) is 2.36. The number of para-hydroxylation sites is 1. The van der Waals surface area contributed by atoms with E-state index in [9.17, 15) is 4.39 Å². The van der Waals surface area contributed by atoms with E-state index in [-0.39, 0.29) is 11.9 Å². The van der Waals surface area contributed by atoms with Gasteiger partial charge in [-0.25, -0.2) is 4.39 Å². The monoisotopic (exact) mass is 287 g/mol. The summed E-state index contributed by atoms with van der Waals surface area (Å²) in [7, 11) is 3.36. The molecule has 1 aliphatic rings. The Morgan fingerprint density at radius 1 is 1.24 bits per heavy atom. The summed E-state index contributed by atoms with van der Waals surface area (Å²) in [6.07, 6.45) is 0.897. The number of hydrogen-bond donors (Lipinski definition) is 1. The Kier molecular flexibility index (Phi) is 3.80. The van der Waals surface area contributed by atoms with Gasteiger partial charge in [0, 0.05) is 12.0 Å². The second-order valence-electron chi connectivity index (χ2n) is 5.01. The van der Waals surface area contributed by atoms with Gasteiger partial charge < -0.3 is 14.8 Å². The Labute approximate surface area is 123 Å². The summed E-state index contributed by atoms with van der Waals surface area (Å²) in [4.78, 5) is 0. The van der Waals surface area contributed by atoms with Gasteiger partial charge in [-0.3, -0.25) is 0 Å². The zero-order valence-electron chi connectivity index (χ0n) is 12.2. The minimum Gasteiger partial charge on any atom is -0.496 e. The third-order valence-corrected chi connectivity index (χ3v) is 3.87. The van der Waals surface area contributed by atoms with Crippen molar-refractivity contribution in [3.05, 3.63) is 58.9 Å². The Balaban J connectivity index is 2.14. The van der Waals surface area contributed by atoms with Gasteiger partial charge in [0.25, 0.3) is 0 Å². The van der Waals surface area contributed by atoms with Crippen molar-refractivity contribution >= 4 is 0 Å². The van der Waals surface area contributed by atoms with Gasteiger partial charge in [0.05, 0.1) is 25.3 Å². The molecule has 0 saturated carbocycles. The van der Waals surface area contributed by atoms with Crippen LogP contribution in [-0.2, 0) is 6.42 Å². The number of rotatable bonds is 4. The second kappa shape index (κ2) is 5.74. The van der Waals surface area contributed by atoms with Crippen molar-refractivity contribution in [3.8, 4) is 11.5 Å². The summed E-state index contributed by atoms with van der Waals surface area (Å²) in [5.74, 6) is 1.11. The van der Waals surface area contributed by atoms with Crippen LogP contribution in [-0.4, -0.2) is 20.8 Å². The Morgan fingerprint density at radius 2 is 2.05 bits per heavy atom. The highest BCUT2D eigenvalue weighted by Crippen LogP contribution is 2.39. The molecule has 1 aliphatic heterocycles. The van der Waals surface area contributed by atoms with E-state index in [0.717, 1.165) is 17.7 Å². The van der Waals surface area contributed by atoms with Crippen molar-refractivity contribution in [3.63, 3.8) is 0 Å². The van der Waals surface area contributed by atoms with Crippen LogP contribution in [0.15, 0.2) is 36.4 Å². The van der Waals surface area contributed by atoms with Crippen LogP contribution in [0.4, 0.5) is 4.39 Å². The van der Waals surface area contributed by atoms with Crippen molar-refractivity contribution in [1.82, 2.24) is 5.32 Å². The molecule has 1 N–H and O–H groups in total. The van der Waals surface area contributed by atoms with Crippen LogP contribution in [0.25, 0.3) is 0 Å². The van der Waals surface area contributed by atoms with Crippen molar-refractivity contribution in [2.45, 2.75) is 12.5 Å². The molecule has 2 aromatic rings. The molecule has 1 atom stereocenters. The van der Waals surface area contributed by atoms with Crippen molar-refractivity contribution in [2.24, 2.45) is 0 Å². The molecule has 0 spiro atoms. The third-order valence-electron chi connectivity index (χ3n) is 3.87. The number of ether oxygens (including phenoxy) is 2. The van der Waals surface area contributed by atoms with Gasteiger partial charge in [0.15, 0.2) is 0 Å². The lowest BCUT2D eigenvalue weighted by Crippen LogP contribution is -2.20. The lowest BCUT2D eigenvalue weighted by molar-refractivity contribution is 0.349. The lowest BCUT2D eigenvalue weighted by Gasteiger charge is -2.22. The number of halogens is 1. The van der Waals surface area contributed by atoms with Crippen LogP contribution in [0.5, 0.6) is 11.5 Å². The summed E-state index contributed by atoms with van der Waals surface area (Å²) in [6.45, 7) is 0.678. The first-order chi connectivity index (χ1) is 10.3. The molecule has 3 rings (SSSR count). The molecule has 0 bridgehead atoms. The molecule has 3 nitrogen and oxygen atoms in total. The molecule has 110 valence electrons. The SMILES string of the molecule is CNC(c1cccc2c1OCC2)c1c(F)cccc1OC. The summed E-state index contributed by atoms with van der Waals surface area (Å²) in [5, 5.41) is 3.18. The van der Waals surface area contributed by atoms with Gasteiger partial charge in [-0.1, -0.05) is 24.3 Å². The van der Waals surface area contributed by atoms with Crippen molar-refractivity contribution in [2.75, 3.05) is 20.8 Å². The van der Waals surface area contributed by atoms with Crippen molar-refractivity contribution < 1.29 is 13.9 Å². The molecule has 0 saturated heterocycles. The topological polar surface area (TPSA) is 30.5 Å². The number of methoxy groups -OCH3 is 1. The molecule has 0 aliphatic carbocycles. The molecule has 0 aromatic heterocycles. The number of fused-ring (bicyclic) bond motifs is 1. The molecule has 0 fully saturated rings. The minimum absolute atomic E-state index is 0.288. The predicted octanol–water partition coefficient (Wildman–Crippen LogP) is 3.08. The fraction of sp³-hybridized carbons (Fsp3) is 0.294. The molecular formula is C17H18FNO2. The molecule has 0 amide bonds. The van der Waals surface area contributed by atoms with E-state index in [1.54, 1.807) is 19.2 Å². The Bertz CT molecular complexity index is 657. The van der Waals surface area contributed by atoms with Gasteiger partial charge in [0.1, 0.15) is 17.3 Å². The lowest BCUT2D eigenvalue weighted by atomic mass is 9.95.